The molecule has 3 aromatic heterocycles. The zero-order valence-electron chi connectivity index (χ0n) is 16.5. The summed E-state index contributed by atoms with van der Waals surface area (Å²) in [4.78, 5) is 36.7. The summed E-state index contributed by atoms with van der Waals surface area (Å²) >= 11 is 6.53. The molecule has 31 heavy (non-hydrogen) atoms. The summed E-state index contributed by atoms with van der Waals surface area (Å²) in [7, 11) is 0. The maximum Gasteiger partial charge on any atom is 0.191 e. The van der Waals surface area contributed by atoms with E-state index in [2.05, 4.69) is 9.97 Å². The Morgan fingerprint density at radius 1 is 0.968 bits per heavy atom. The van der Waals surface area contributed by atoms with Crippen LogP contribution >= 0.6 is 11.6 Å². The topological polar surface area (TPSA) is 75.7 Å². The van der Waals surface area contributed by atoms with Crippen molar-refractivity contribution < 1.29 is 4.79 Å². The van der Waals surface area contributed by atoms with Crippen LogP contribution in [0.1, 0.15) is 17.4 Å². The zero-order chi connectivity index (χ0) is 21.5. The Balaban J connectivity index is 1.87. The standard InChI is InChI=1S/C25H16ClN3O2/c1-14(30)21-13-22(31)19-12-18(17-10-16-8-5-9-27-24(16)20(26)11-17)23(29-25(19)28-21)15-6-3-2-4-7-15/h2-13H,1H3,(H,28,29,31). The molecule has 0 atom stereocenters. The predicted molar refractivity (Wildman–Crippen MR) is 124 cm³/mol. The van der Waals surface area contributed by atoms with Crippen molar-refractivity contribution in [3.05, 3.63) is 93.9 Å². The van der Waals surface area contributed by atoms with E-state index in [0.717, 1.165) is 22.1 Å². The Labute approximate surface area is 182 Å². The van der Waals surface area contributed by atoms with Crippen LogP contribution in [0.25, 0.3) is 44.3 Å². The second-order valence-electron chi connectivity index (χ2n) is 7.28. The molecule has 150 valence electrons. The van der Waals surface area contributed by atoms with Gasteiger partial charge >= 0.3 is 0 Å². The molecule has 5 nitrogen and oxygen atoms in total. The molecule has 5 rings (SSSR count). The first-order valence-corrected chi connectivity index (χ1v) is 10.1. The van der Waals surface area contributed by atoms with Crippen LogP contribution in [0, 0.1) is 0 Å². The van der Waals surface area contributed by atoms with E-state index in [9.17, 15) is 9.59 Å². The average molecular weight is 426 g/mol. The van der Waals surface area contributed by atoms with Crippen molar-refractivity contribution in [3.63, 3.8) is 0 Å². The fourth-order valence-corrected chi connectivity index (χ4v) is 3.97. The number of ketones is 1. The van der Waals surface area contributed by atoms with Crippen LogP contribution in [-0.4, -0.2) is 20.7 Å². The lowest BCUT2D eigenvalue weighted by Crippen LogP contribution is -2.10. The lowest BCUT2D eigenvalue weighted by Gasteiger charge is -2.13. The number of nitrogens with zero attached hydrogens (tertiary/aromatic N) is 2. The third-order valence-electron chi connectivity index (χ3n) is 5.21. The zero-order valence-corrected chi connectivity index (χ0v) is 17.3. The third kappa shape index (κ3) is 3.39. The number of hydrogen-bond donors (Lipinski definition) is 1. The predicted octanol–water partition coefficient (Wildman–Crippen LogP) is 5.66. The molecule has 0 saturated carbocycles. The smallest absolute Gasteiger partial charge is 0.191 e. The molecule has 0 radical (unpaired) electrons. The van der Waals surface area contributed by atoms with Gasteiger partial charge in [0.2, 0.25) is 0 Å². The first-order valence-electron chi connectivity index (χ1n) is 9.70. The molecule has 3 heterocycles. The van der Waals surface area contributed by atoms with Gasteiger partial charge in [0.25, 0.3) is 0 Å². The minimum atomic E-state index is -0.263. The lowest BCUT2D eigenvalue weighted by molar-refractivity contribution is 0.101. The fraction of sp³-hybridized carbons (Fsp3) is 0.0400. The van der Waals surface area contributed by atoms with Crippen molar-refractivity contribution in [1.29, 1.82) is 0 Å². The molecule has 0 saturated heterocycles. The summed E-state index contributed by atoms with van der Waals surface area (Å²) < 4.78 is 0. The molecule has 0 fully saturated rings. The number of H-pyrrole nitrogens is 1. The Morgan fingerprint density at radius 3 is 2.55 bits per heavy atom. The summed E-state index contributed by atoms with van der Waals surface area (Å²) in [6.45, 7) is 1.41. The maximum atomic E-state index is 12.8. The number of pyridine rings is 3. The van der Waals surface area contributed by atoms with E-state index >= 15 is 0 Å². The number of Topliss-reactive ketones (excluding diaryl/α,β-unsaturated/α-hetero) is 1. The molecule has 0 amide bonds. The van der Waals surface area contributed by atoms with Gasteiger partial charge in [-0.3, -0.25) is 14.6 Å². The van der Waals surface area contributed by atoms with Gasteiger partial charge in [-0.05, 0) is 29.8 Å². The highest BCUT2D eigenvalue weighted by atomic mass is 35.5. The fourth-order valence-electron chi connectivity index (χ4n) is 3.70. The van der Waals surface area contributed by atoms with Crippen LogP contribution in [0.5, 0.6) is 0 Å². The van der Waals surface area contributed by atoms with Crippen molar-refractivity contribution in [2.24, 2.45) is 0 Å². The monoisotopic (exact) mass is 425 g/mol. The molecule has 6 heteroatoms. The first kappa shape index (κ1) is 19.2. The highest BCUT2D eigenvalue weighted by Gasteiger charge is 2.16. The molecular weight excluding hydrogens is 410 g/mol. The number of nitrogens with one attached hydrogen (secondary N) is 1. The van der Waals surface area contributed by atoms with E-state index in [1.54, 1.807) is 12.3 Å². The van der Waals surface area contributed by atoms with Gasteiger partial charge in [-0.15, -0.1) is 0 Å². The van der Waals surface area contributed by atoms with E-state index in [-0.39, 0.29) is 16.9 Å². The van der Waals surface area contributed by atoms with Gasteiger partial charge in [0.1, 0.15) is 5.65 Å². The van der Waals surface area contributed by atoms with Crippen molar-refractivity contribution >= 4 is 39.3 Å². The van der Waals surface area contributed by atoms with E-state index in [4.69, 9.17) is 16.6 Å². The SMILES string of the molecule is CC(=O)c1cc(=O)c2cc(-c3cc(Cl)c4ncccc4c3)c(-c3ccccc3)nc2[nH]1. The van der Waals surface area contributed by atoms with Crippen LogP contribution in [-0.2, 0) is 0 Å². The van der Waals surface area contributed by atoms with Gasteiger partial charge in [0.15, 0.2) is 11.2 Å². The number of benzene rings is 2. The average Bonchev–Trinajstić information content (AvgIpc) is 2.79. The number of carbonyl (C=O) groups is 1. The molecule has 0 spiro atoms. The summed E-state index contributed by atoms with van der Waals surface area (Å²) in [5.41, 5.74) is 4.22. The second kappa shape index (κ2) is 7.45. The van der Waals surface area contributed by atoms with Crippen molar-refractivity contribution in [2.75, 3.05) is 0 Å². The van der Waals surface area contributed by atoms with Gasteiger partial charge in [0.05, 0.1) is 27.3 Å². The number of rotatable bonds is 3. The highest BCUT2D eigenvalue weighted by Crippen LogP contribution is 2.36. The van der Waals surface area contributed by atoms with Gasteiger partial charge in [0, 0.05) is 35.7 Å². The Kier molecular flexibility index (Phi) is 4.60. The van der Waals surface area contributed by atoms with Crippen LogP contribution < -0.4 is 5.43 Å². The number of aromatic nitrogens is 3. The molecule has 0 aliphatic rings. The normalized spacial score (nSPS) is 11.2. The number of fused-ring (bicyclic) bond motifs is 2. The molecule has 0 aliphatic heterocycles. The minimum Gasteiger partial charge on any atom is -0.337 e. The van der Waals surface area contributed by atoms with Crippen LogP contribution in [0.15, 0.2) is 77.7 Å². The molecule has 0 unspecified atom stereocenters. The van der Waals surface area contributed by atoms with Gasteiger partial charge in [-0.1, -0.05) is 48.0 Å². The number of halogens is 1. The molecule has 0 bridgehead atoms. The summed E-state index contributed by atoms with van der Waals surface area (Å²) in [5.74, 6) is -0.222. The summed E-state index contributed by atoms with van der Waals surface area (Å²) in [5, 5.41) is 1.82. The maximum absolute atomic E-state index is 12.8. The molecule has 2 aromatic carbocycles. The van der Waals surface area contributed by atoms with E-state index in [1.807, 2.05) is 54.6 Å². The van der Waals surface area contributed by atoms with Gasteiger partial charge in [-0.2, -0.15) is 0 Å². The van der Waals surface area contributed by atoms with Gasteiger partial charge in [-0.25, -0.2) is 4.98 Å². The lowest BCUT2D eigenvalue weighted by atomic mass is 9.96. The van der Waals surface area contributed by atoms with Crippen molar-refractivity contribution in [2.45, 2.75) is 6.92 Å². The Morgan fingerprint density at radius 2 is 1.77 bits per heavy atom. The second-order valence-corrected chi connectivity index (χ2v) is 7.69. The molecule has 1 N–H and O–H groups in total. The minimum absolute atomic E-state index is 0.222. The number of aromatic amines is 1. The summed E-state index contributed by atoms with van der Waals surface area (Å²) in [6.07, 6.45) is 1.70. The van der Waals surface area contributed by atoms with E-state index in [1.165, 1.54) is 13.0 Å². The number of carbonyl (C=O) groups excluding carboxylic acids is 1. The molecule has 5 aromatic rings. The third-order valence-corrected chi connectivity index (χ3v) is 5.50. The van der Waals surface area contributed by atoms with Crippen molar-refractivity contribution in [1.82, 2.24) is 15.0 Å². The summed E-state index contributed by atoms with van der Waals surface area (Å²) in [6, 6.07) is 20.4. The molecular formula is C25H16ClN3O2. The number of hydrogen-bond acceptors (Lipinski definition) is 4. The van der Waals surface area contributed by atoms with Gasteiger partial charge < -0.3 is 4.98 Å². The first-order chi connectivity index (χ1) is 15.0. The van der Waals surface area contributed by atoms with E-state index < -0.39 is 0 Å². The van der Waals surface area contributed by atoms with Crippen molar-refractivity contribution in [3.8, 4) is 22.4 Å². The molecule has 0 aliphatic carbocycles. The van der Waals surface area contributed by atoms with Crippen LogP contribution in [0.2, 0.25) is 5.02 Å². The van der Waals surface area contributed by atoms with Crippen LogP contribution in [0.3, 0.4) is 0 Å². The van der Waals surface area contributed by atoms with Crippen LogP contribution in [0.4, 0.5) is 0 Å². The largest absolute Gasteiger partial charge is 0.337 e. The quantitative estimate of drug-likeness (QED) is 0.378. The Hall–Kier alpha value is -3.83. The van der Waals surface area contributed by atoms with E-state index in [0.29, 0.717) is 27.3 Å². The highest BCUT2D eigenvalue weighted by molar-refractivity contribution is 6.35. The Bertz CT molecular complexity index is 1540.